The van der Waals surface area contributed by atoms with Gasteiger partial charge >= 0.3 is 6.03 Å². The molecule has 4 amide bonds. The summed E-state index contributed by atoms with van der Waals surface area (Å²) in [6.07, 6.45) is 0.594. The topological polar surface area (TPSA) is 98.7 Å². The standard InChI is InChI=1S/C12H21N3O4/c1-8(4-5-16)6-13-9(17)7-15-10(18)12(2,3)14-11(15)19/h8,16H,4-7H2,1-3H3,(H,13,17)(H,14,19). The van der Waals surface area contributed by atoms with Crippen molar-refractivity contribution in [3.8, 4) is 0 Å². The first kappa shape index (κ1) is 15.4. The van der Waals surface area contributed by atoms with Crippen molar-refractivity contribution in [1.82, 2.24) is 15.5 Å². The van der Waals surface area contributed by atoms with Gasteiger partial charge < -0.3 is 15.7 Å². The summed E-state index contributed by atoms with van der Waals surface area (Å²) in [7, 11) is 0. The predicted octanol–water partition coefficient (Wildman–Crippen LogP) is -0.548. The van der Waals surface area contributed by atoms with Crippen LogP contribution in [0.3, 0.4) is 0 Å². The number of aliphatic hydroxyl groups is 1. The molecule has 1 saturated heterocycles. The molecule has 0 bridgehead atoms. The normalized spacial score (nSPS) is 19.3. The summed E-state index contributed by atoms with van der Waals surface area (Å²) < 4.78 is 0. The lowest BCUT2D eigenvalue weighted by atomic mass is 10.1. The van der Waals surface area contributed by atoms with E-state index in [2.05, 4.69) is 10.6 Å². The van der Waals surface area contributed by atoms with Gasteiger partial charge in [-0.05, 0) is 26.2 Å². The van der Waals surface area contributed by atoms with Crippen molar-refractivity contribution in [2.24, 2.45) is 5.92 Å². The minimum absolute atomic E-state index is 0.0677. The highest BCUT2D eigenvalue weighted by Gasteiger charge is 2.44. The molecule has 0 aromatic carbocycles. The quantitative estimate of drug-likeness (QED) is 0.565. The fourth-order valence-electron chi connectivity index (χ4n) is 1.77. The second-order valence-electron chi connectivity index (χ2n) is 5.37. The zero-order valence-corrected chi connectivity index (χ0v) is 11.5. The van der Waals surface area contributed by atoms with Crippen LogP contribution in [0.25, 0.3) is 0 Å². The van der Waals surface area contributed by atoms with Gasteiger partial charge in [0.1, 0.15) is 12.1 Å². The molecule has 1 fully saturated rings. The third-order valence-electron chi connectivity index (χ3n) is 3.02. The molecule has 0 aliphatic carbocycles. The number of aliphatic hydroxyl groups excluding tert-OH is 1. The molecular weight excluding hydrogens is 250 g/mol. The van der Waals surface area contributed by atoms with E-state index >= 15 is 0 Å². The molecule has 0 radical (unpaired) electrons. The molecule has 1 aliphatic heterocycles. The zero-order valence-electron chi connectivity index (χ0n) is 11.5. The molecule has 0 saturated carbocycles. The van der Waals surface area contributed by atoms with Crippen molar-refractivity contribution < 1.29 is 19.5 Å². The van der Waals surface area contributed by atoms with E-state index in [9.17, 15) is 14.4 Å². The maximum atomic E-state index is 11.8. The van der Waals surface area contributed by atoms with E-state index in [0.29, 0.717) is 13.0 Å². The Hall–Kier alpha value is -1.63. The Morgan fingerprint density at radius 2 is 2.11 bits per heavy atom. The van der Waals surface area contributed by atoms with Crippen LogP contribution in [-0.4, -0.2) is 53.1 Å². The highest BCUT2D eigenvalue weighted by molar-refractivity contribution is 6.08. The summed E-state index contributed by atoms with van der Waals surface area (Å²) in [4.78, 5) is 36.0. The van der Waals surface area contributed by atoms with E-state index < -0.39 is 17.5 Å². The average molecular weight is 271 g/mol. The predicted molar refractivity (Wildman–Crippen MR) is 68.2 cm³/mol. The van der Waals surface area contributed by atoms with E-state index in [1.54, 1.807) is 13.8 Å². The fraction of sp³-hybridized carbons (Fsp3) is 0.750. The molecule has 1 heterocycles. The van der Waals surface area contributed by atoms with E-state index in [1.165, 1.54) is 0 Å². The summed E-state index contributed by atoms with van der Waals surface area (Å²) in [5, 5.41) is 13.9. The van der Waals surface area contributed by atoms with Crippen molar-refractivity contribution in [3.05, 3.63) is 0 Å². The largest absolute Gasteiger partial charge is 0.396 e. The highest BCUT2D eigenvalue weighted by atomic mass is 16.3. The average Bonchev–Trinajstić information content (AvgIpc) is 2.49. The van der Waals surface area contributed by atoms with Crippen molar-refractivity contribution in [2.75, 3.05) is 19.7 Å². The van der Waals surface area contributed by atoms with Gasteiger partial charge in [-0.3, -0.25) is 14.5 Å². The van der Waals surface area contributed by atoms with Crippen molar-refractivity contribution in [1.29, 1.82) is 0 Å². The molecule has 7 nitrogen and oxygen atoms in total. The monoisotopic (exact) mass is 271 g/mol. The highest BCUT2D eigenvalue weighted by Crippen LogP contribution is 2.15. The van der Waals surface area contributed by atoms with Crippen LogP contribution >= 0.6 is 0 Å². The molecule has 1 unspecified atom stereocenters. The van der Waals surface area contributed by atoms with Crippen LogP contribution in [0.5, 0.6) is 0 Å². The Labute approximate surface area is 112 Å². The van der Waals surface area contributed by atoms with Crippen molar-refractivity contribution in [2.45, 2.75) is 32.7 Å². The molecular formula is C12H21N3O4. The molecule has 3 N–H and O–H groups in total. The summed E-state index contributed by atoms with van der Waals surface area (Å²) >= 11 is 0. The van der Waals surface area contributed by atoms with Gasteiger partial charge in [0.2, 0.25) is 5.91 Å². The first-order valence-corrected chi connectivity index (χ1v) is 6.29. The van der Waals surface area contributed by atoms with Crippen LogP contribution in [0.15, 0.2) is 0 Å². The van der Waals surface area contributed by atoms with Crippen LogP contribution in [0.1, 0.15) is 27.2 Å². The summed E-state index contributed by atoms with van der Waals surface area (Å²) in [6, 6.07) is -0.548. The first-order valence-electron chi connectivity index (χ1n) is 6.29. The number of nitrogens with one attached hydrogen (secondary N) is 2. The van der Waals surface area contributed by atoms with Gasteiger partial charge in [0.15, 0.2) is 0 Å². The number of hydrogen-bond acceptors (Lipinski definition) is 4. The van der Waals surface area contributed by atoms with Crippen LogP contribution in [0, 0.1) is 5.92 Å². The SMILES string of the molecule is CC(CCO)CNC(=O)CN1C(=O)NC(C)(C)C1=O. The maximum absolute atomic E-state index is 11.8. The van der Waals surface area contributed by atoms with Gasteiger partial charge in [0.25, 0.3) is 5.91 Å². The van der Waals surface area contributed by atoms with E-state index in [1.807, 2.05) is 6.92 Å². The number of hydrogen-bond donors (Lipinski definition) is 3. The molecule has 0 aromatic heterocycles. The van der Waals surface area contributed by atoms with Gasteiger partial charge in [-0.1, -0.05) is 6.92 Å². The smallest absolute Gasteiger partial charge is 0.325 e. The van der Waals surface area contributed by atoms with Gasteiger partial charge in [-0.2, -0.15) is 0 Å². The Bertz CT molecular complexity index is 381. The summed E-state index contributed by atoms with van der Waals surface area (Å²) in [5.41, 5.74) is -0.957. The Morgan fingerprint density at radius 1 is 1.47 bits per heavy atom. The number of imide groups is 1. The molecule has 1 atom stereocenters. The van der Waals surface area contributed by atoms with Crippen LogP contribution in [0.2, 0.25) is 0 Å². The number of carbonyl (C=O) groups excluding carboxylic acids is 3. The van der Waals surface area contributed by atoms with Crippen LogP contribution in [-0.2, 0) is 9.59 Å². The van der Waals surface area contributed by atoms with E-state index in [0.717, 1.165) is 4.90 Å². The van der Waals surface area contributed by atoms with Crippen LogP contribution in [0.4, 0.5) is 4.79 Å². The third kappa shape index (κ3) is 3.92. The van der Waals surface area contributed by atoms with Gasteiger partial charge in [0, 0.05) is 13.2 Å². The number of amides is 4. The van der Waals surface area contributed by atoms with Gasteiger partial charge in [-0.15, -0.1) is 0 Å². The molecule has 0 aromatic rings. The lowest BCUT2D eigenvalue weighted by Crippen LogP contribution is -2.43. The number of rotatable bonds is 6. The number of nitrogens with zero attached hydrogens (tertiary/aromatic N) is 1. The Kier molecular flexibility index (Phi) is 4.88. The molecule has 108 valence electrons. The molecule has 19 heavy (non-hydrogen) atoms. The second-order valence-corrected chi connectivity index (χ2v) is 5.37. The maximum Gasteiger partial charge on any atom is 0.325 e. The van der Waals surface area contributed by atoms with Crippen molar-refractivity contribution in [3.63, 3.8) is 0 Å². The molecule has 1 aliphatic rings. The summed E-state index contributed by atoms with van der Waals surface area (Å²) in [6.45, 7) is 5.28. The number of carbonyl (C=O) groups is 3. The van der Waals surface area contributed by atoms with Crippen LogP contribution < -0.4 is 10.6 Å². The minimum atomic E-state index is -0.957. The second kappa shape index (κ2) is 6.01. The first-order chi connectivity index (χ1) is 8.77. The third-order valence-corrected chi connectivity index (χ3v) is 3.02. The molecule has 1 rings (SSSR count). The number of urea groups is 1. The summed E-state index contributed by atoms with van der Waals surface area (Å²) in [5.74, 6) is -0.643. The molecule has 0 spiro atoms. The lowest BCUT2D eigenvalue weighted by Gasteiger charge is -2.16. The Morgan fingerprint density at radius 3 is 2.58 bits per heavy atom. The zero-order chi connectivity index (χ0) is 14.6. The lowest BCUT2D eigenvalue weighted by molar-refractivity contribution is -0.134. The minimum Gasteiger partial charge on any atom is -0.396 e. The fourth-order valence-corrected chi connectivity index (χ4v) is 1.77. The van der Waals surface area contributed by atoms with E-state index in [4.69, 9.17) is 5.11 Å². The van der Waals surface area contributed by atoms with Crippen molar-refractivity contribution >= 4 is 17.8 Å². The van der Waals surface area contributed by atoms with Gasteiger partial charge in [0.05, 0.1) is 0 Å². The Balaban J connectivity index is 2.45. The molecule has 7 heteroatoms. The van der Waals surface area contributed by atoms with E-state index in [-0.39, 0.29) is 25.0 Å². The van der Waals surface area contributed by atoms with Gasteiger partial charge in [-0.25, -0.2) is 4.79 Å².